The highest BCUT2D eigenvalue weighted by Gasteiger charge is 2.56. The summed E-state index contributed by atoms with van der Waals surface area (Å²) < 4.78 is 123. The van der Waals surface area contributed by atoms with E-state index in [1.54, 1.807) is 20.8 Å². The summed E-state index contributed by atoms with van der Waals surface area (Å²) in [4.78, 5) is 213. The lowest BCUT2D eigenvalue weighted by molar-refractivity contribution is -0.307. The van der Waals surface area contributed by atoms with E-state index in [1.807, 2.05) is 0 Å². The van der Waals surface area contributed by atoms with Gasteiger partial charge in [-0.05, 0) is 20.8 Å². The topological polar surface area (TPSA) is 553 Å². The Labute approximate surface area is 650 Å². The molecular weight excluding hydrogens is 1520 g/mol. The van der Waals surface area contributed by atoms with Gasteiger partial charge < -0.3 is 131 Å². The largest absolute Gasteiger partial charge is 0.463 e. The summed E-state index contributed by atoms with van der Waals surface area (Å²) in [5.74, 6) is -12.8. The van der Waals surface area contributed by atoms with Crippen LogP contribution in [-0.2, 0) is 181 Å². The number of alkyl carbamates (subject to hydrolysis) is 1. The molecule has 0 unspecified atom stereocenters. The maximum atomic E-state index is 14.0. The lowest BCUT2D eigenvalue weighted by atomic mass is 9.98. The van der Waals surface area contributed by atoms with E-state index in [-0.39, 0.29) is 85.1 Å². The summed E-state index contributed by atoms with van der Waals surface area (Å²) >= 11 is 0. The van der Waals surface area contributed by atoms with Gasteiger partial charge in [-0.3, -0.25) is 76.7 Å². The summed E-state index contributed by atoms with van der Waals surface area (Å²) in [5, 5.41) is 13.1. The Balaban J connectivity index is 1.89. The van der Waals surface area contributed by atoms with Crippen LogP contribution in [0, 0.1) is 0 Å². The second kappa shape index (κ2) is 49.8. The van der Waals surface area contributed by atoms with Crippen molar-refractivity contribution in [3.8, 4) is 0 Å². The van der Waals surface area contributed by atoms with Crippen molar-refractivity contribution in [1.82, 2.24) is 26.6 Å². The van der Waals surface area contributed by atoms with Gasteiger partial charge in [0.15, 0.2) is 73.8 Å². The molecule has 5 N–H and O–H groups in total. The van der Waals surface area contributed by atoms with E-state index < -0.39 is 251 Å². The molecule has 0 bridgehead atoms. The summed E-state index contributed by atoms with van der Waals surface area (Å²) in [6, 6.07) is 0. The fourth-order valence-corrected chi connectivity index (χ4v) is 10.8. The first-order chi connectivity index (χ1) is 53.1. The Hall–Kier alpha value is -9.57. The summed E-state index contributed by atoms with van der Waals surface area (Å²) in [6.07, 6.45) is -24.8. The smallest absolute Gasteiger partial charge is 0.407 e. The highest BCUT2D eigenvalue weighted by atomic mass is 16.8. The van der Waals surface area contributed by atoms with Crippen molar-refractivity contribution >= 4 is 101 Å². The Bertz CT molecular complexity index is 2930. The lowest BCUT2D eigenvalue weighted by Gasteiger charge is -2.44. The summed E-state index contributed by atoms with van der Waals surface area (Å²) in [6.45, 7) is 11.0. The minimum Gasteiger partial charge on any atom is -0.463 e. The SMILES string of the molecule is CC(=O)OC[C@H]1O[C@H](OCCNC(=O)CCOCC(COCCC(=O)NCCO[C@H]2O[C@H](COC(C)=O)[C@@H](OC(C)=O)[C@H](OC(C)=O)[C@@H]2OC(C)=O)(COCCC(=O)NCCO[C@H]2O[C@H](COC(C)=O)[C@@H](OC(C)=O)[C@H](OC(C)=O)[C@@H]2OC(C)=O)NC(=O)CCNC(=O)OC(C)(C)C)[C@@H](OC(C)=O)[C@@H](OC(C)=O)[C@@H]1OC(C)=O. The third-order valence-electron chi connectivity index (χ3n) is 14.9. The molecule has 3 aliphatic heterocycles. The number of esters is 12. The monoisotopic (exact) mass is 1630 g/mol. The van der Waals surface area contributed by atoms with Crippen LogP contribution in [0.5, 0.6) is 0 Å². The fourth-order valence-electron chi connectivity index (χ4n) is 10.8. The Morgan fingerprint density at radius 2 is 0.549 bits per heavy atom. The van der Waals surface area contributed by atoms with Crippen LogP contribution >= 0.6 is 0 Å². The van der Waals surface area contributed by atoms with Crippen molar-refractivity contribution in [1.29, 1.82) is 0 Å². The minimum atomic E-state index is -1.76. The van der Waals surface area contributed by atoms with Gasteiger partial charge in [0.2, 0.25) is 23.6 Å². The van der Waals surface area contributed by atoms with Crippen LogP contribution in [0.4, 0.5) is 4.79 Å². The van der Waals surface area contributed by atoms with E-state index in [4.69, 9.17) is 104 Å². The van der Waals surface area contributed by atoms with Gasteiger partial charge in [0.05, 0.1) is 59.5 Å². The van der Waals surface area contributed by atoms with Crippen molar-refractivity contribution in [2.24, 2.45) is 0 Å². The number of ether oxygens (including phenoxy) is 22. The second-order valence-corrected chi connectivity index (χ2v) is 26.3. The van der Waals surface area contributed by atoms with Crippen molar-refractivity contribution in [2.45, 2.75) is 233 Å². The van der Waals surface area contributed by atoms with E-state index in [1.165, 1.54) is 0 Å². The average Bonchev–Trinajstić information content (AvgIpc) is 0.797. The van der Waals surface area contributed by atoms with Gasteiger partial charge >= 0.3 is 77.7 Å². The highest BCUT2D eigenvalue weighted by Crippen LogP contribution is 2.33. The summed E-state index contributed by atoms with van der Waals surface area (Å²) in [7, 11) is 0. The number of rotatable bonds is 46. The predicted octanol–water partition coefficient (Wildman–Crippen LogP) is -2.38. The second-order valence-electron chi connectivity index (χ2n) is 26.3. The molecule has 0 aliphatic carbocycles. The molecule has 0 saturated carbocycles. The molecule has 15 atom stereocenters. The standard InChI is InChI=1S/C69H105N5O39/c1-36(75)98-30-48-55(101-39(4)78)58(104-42(7)81)61(107-45(10)84)64(110-48)95-27-21-70-51(87)17-24-92-33-69(74-54(90)16-20-73-67(91)113-68(13,14)15,34-93-25-18-52(88)71-22-28-96-65-62(108-46(11)85)59(105-43(8)82)56(102-40(5)79)49(111-65)31-99-37(2)76)35-94-26-19-53(89)72-23-29-97-66-63(109-47(12)86)60(106-44(9)83)57(103-41(6)80)50(112-66)32-100-38(3)77/h48-50,55-66H,16-35H2,1-15H3,(H,70,87)(H,71,88)(H,72,89)(H,73,91)(H,74,90)/t48-,49-,50-,55-,56-,57-,58+,59+,60+,61+,62+,63+,64+,65+,66+/m1/s1. The van der Waals surface area contributed by atoms with Crippen molar-refractivity contribution in [2.75, 3.05) is 105 Å². The first kappa shape index (κ1) is 97.6. The van der Waals surface area contributed by atoms with Crippen LogP contribution in [0.15, 0.2) is 0 Å². The van der Waals surface area contributed by atoms with Crippen LogP contribution in [0.3, 0.4) is 0 Å². The van der Waals surface area contributed by atoms with E-state index in [0.717, 1.165) is 83.1 Å². The highest BCUT2D eigenvalue weighted by molar-refractivity contribution is 5.79. The van der Waals surface area contributed by atoms with E-state index in [9.17, 15) is 81.5 Å². The van der Waals surface area contributed by atoms with Gasteiger partial charge in [0, 0.05) is 135 Å². The molecule has 3 heterocycles. The third-order valence-corrected chi connectivity index (χ3v) is 14.9. The average molecular weight is 1630 g/mol. The number of hydrogen-bond acceptors (Lipinski definition) is 39. The Morgan fingerprint density at radius 1 is 0.292 bits per heavy atom. The lowest BCUT2D eigenvalue weighted by Crippen LogP contribution is -2.63. The molecule has 3 fully saturated rings. The van der Waals surface area contributed by atoms with Gasteiger partial charge in [-0.1, -0.05) is 0 Å². The zero-order valence-electron chi connectivity index (χ0n) is 65.7. The Morgan fingerprint density at radius 3 is 0.796 bits per heavy atom. The first-order valence-electron chi connectivity index (χ1n) is 35.6. The van der Waals surface area contributed by atoms with Crippen LogP contribution in [-0.4, -0.2) is 310 Å². The molecule has 0 aromatic carbocycles. The summed E-state index contributed by atoms with van der Waals surface area (Å²) in [5.41, 5.74) is -2.67. The van der Waals surface area contributed by atoms with Crippen molar-refractivity contribution in [3.63, 3.8) is 0 Å². The molecule has 3 rings (SSSR count). The molecule has 44 heteroatoms. The molecular formula is C69H105N5O39. The molecule has 3 saturated heterocycles. The molecule has 44 nitrogen and oxygen atoms in total. The molecule has 0 aromatic heterocycles. The first-order valence-corrected chi connectivity index (χ1v) is 35.6. The Kier molecular flexibility index (Phi) is 43.0. The zero-order chi connectivity index (χ0) is 84.7. The van der Waals surface area contributed by atoms with Crippen LogP contribution in [0.25, 0.3) is 0 Å². The third kappa shape index (κ3) is 39.2. The quantitative estimate of drug-likeness (QED) is 0.0241. The maximum absolute atomic E-state index is 14.0. The van der Waals surface area contributed by atoms with Gasteiger partial charge in [-0.2, -0.15) is 0 Å². The molecule has 5 amide bonds. The van der Waals surface area contributed by atoms with Gasteiger partial charge in [-0.25, -0.2) is 4.79 Å². The number of carbonyl (C=O) groups is 17. The van der Waals surface area contributed by atoms with E-state index in [2.05, 4.69) is 26.6 Å². The maximum Gasteiger partial charge on any atom is 0.407 e. The molecule has 113 heavy (non-hydrogen) atoms. The van der Waals surface area contributed by atoms with Crippen LogP contribution in [0.2, 0.25) is 0 Å². The number of nitrogens with one attached hydrogen (secondary N) is 5. The van der Waals surface area contributed by atoms with Gasteiger partial charge in [-0.15, -0.1) is 0 Å². The predicted molar refractivity (Wildman–Crippen MR) is 369 cm³/mol. The van der Waals surface area contributed by atoms with Crippen molar-refractivity contribution < 1.29 is 186 Å². The number of carbonyl (C=O) groups excluding carboxylic acids is 17. The molecule has 0 aromatic rings. The zero-order valence-corrected chi connectivity index (χ0v) is 65.7. The normalized spacial score (nSPS) is 23.3. The van der Waals surface area contributed by atoms with Crippen molar-refractivity contribution in [3.05, 3.63) is 0 Å². The molecule has 0 spiro atoms. The number of hydrogen-bond donors (Lipinski definition) is 5. The molecule has 3 aliphatic rings. The van der Waals surface area contributed by atoms with Crippen LogP contribution in [0.1, 0.15) is 130 Å². The van der Waals surface area contributed by atoms with Crippen LogP contribution < -0.4 is 26.6 Å². The molecule has 0 radical (unpaired) electrons. The van der Waals surface area contributed by atoms with E-state index in [0.29, 0.717) is 0 Å². The fraction of sp³-hybridized carbons (Fsp3) is 0.754. The minimum absolute atomic E-state index is 0.253. The van der Waals surface area contributed by atoms with Gasteiger partial charge in [0.1, 0.15) is 49.3 Å². The number of amides is 5. The van der Waals surface area contributed by atoms with Gasteiger partial charge in [0.25, 0.3) is 0 Å². The van der Waals surface area contributed by atoms with E-state index >= 15 is 0 Å². The molecule has 640 valence electrons.